The third-order valence-electron chi connectivity index (χ3n) is 2.85. The molecule has 0 spiro atoms. The van der Waals surface area contributed by atoms with Gasteiger partial charge in [0.2, 0.25) is 0 Å². The highest BCUT2D eigenvalue weighted by atomic mass is 32.2. The van der Waals surface area contributed by atoms with Crippen LogP contribution in [-0.2, 0) is 0 Å². The van der Waals surface area contributed by atoms with Gasteiger partial charge in [0.1, 0.15) is 23.2 Å². The monoisotopic (exact) mass is 290 g/mol. The molecule has 104 valence electrons. The fourth-order valence-electron chi connectivity index (χ4n) is 1.83. The first-order chi connectivity index (χ1) is 9.52. The molecule has 2 aromatic rings. The highest BCUT2D eigenvalue weighted by Crippen LogP contribution is 2.33. The van der Waals surface area contributed by atoms with E-state index >= 15 is 0 Å². The predicted octanol–water partition coefficient (Wildman–Crippen LogP) is 3.93. The number of rotatable bonds is 4. The summed E-state index contributed by atoms with van der Waals surface area (Å²) in [6.45, 7) is 1.83. The van der Waals surface area contributed by atoms with Gasteiger partial charge in [-0.25, -0.2) is 4.39 Å². The number of hydrogen-bond acceptors (Lipinski definition) is 3. The molecule has 0 radical (unpaired) electrons. The number of aryl methyl sites for hydroxylation is 1. The molecule has 0 fully saturated rings. The van der Waals surface area contributed by atoms with Crippen LogP contribution >= 0.6 is 11.8 Å². The summed E-state index contributed by atoms with van der Waals surface area (Å²) in [5.41, 5.74) is 6.97. The summed E-state index contributed by atoms with van der Waals surface area (Å²) in [5.74, 6) is 0.443. The van der Waals surface area contributed by atoms with Gasteiger partial charge in [-0.15, -0.1) is 11.8 Å². The van der Waals surface area contributed by atoms with E-state index in [9.17, 15) is 4.39 Å². The number of nitrogens with one attached hydrogen (secondary N) is 1. The third-order valence-corrected chi connectivity index (χ3v) is 3.63. The molecule has 2 rings (SSSR count). The minimum absolute atomic E-state index is 0.0704. The summed E-state index contributed by atoms with van der Waals surface area (Å²) >= 11 is 1.48. The van der Waals surface area contributed by atoms with Gasteiger partial charge < -0.3 is 10.5 Å². The van der Waals surface area contributed by atoms with E-state index < -0.39 is 0 Å². The molecule has 3 N–H and O–H groups in total. The summed E-state index contributed by atoms with van der Waals surface area (Å²) in [6.07, 6.45) is 1.90. The summed E-state index contributed by atoms with van der Waals surface area (Å²) in [7, 11) is 0. The first-order valence-electron chi connectivity index (χ1n) is 5.98. The van der Waals surface area contributed by atoms with Crippen molar-refractivity contribution in [1.29, 1.82) is 5.41 Å². The Kier molecular flexibility index (Phi) is 4.29. The standard InChI is InChI=1S/C15H15FN2OS/c1-9-6-7-10(16)8-12(9)19-11-4-3-5-13(20-2)14(11)15(17)18/h3-8H,1-2H3,(H3,17,18). The Hall–Kier alpha value is -2.01. The molecule has 0 atom stereocenters. The first-order valence-corrected chi connectivity index (χ1v) is 7.21. The fraction of sp³-hybridized carbons (Fsp3) is 0.133. The Balaban J connectivity index is 2.48. The van der Waals surface area contributed by atoms with Crippen LogP contribution in [0.25, 0.3) is 0 Å². The van der Waals surface area contributed by atoms with Crippen LogP contribution in [0.5, 0.6) is 11.5 Å². The second-order valence-corrected chi connectivity index (χ2v) is 5.11. The van der Waals surface area contributed by atoms with E-state index in [0.717, 1.165) is 10.5 Å². The predicted molar refractivity (Wildman–Crippen MR) is 80.5 cm³/mol. The number of ether oxygens (including phenoxy) is 1. The largest absolute Gasteiger partial charge is 0.456 e. The van der Waals surface area contributed by atoms with E-state index in [4.69, 9.17) is 15.9 Å². The summed E-state index contributed by atoms with van der Waals surface area (Å²) < 4.78 is 19.1. The van der Waals surface area contributed by atoms with Crippen LogP contribution in [0.4, 0.5) is 4.39 Å². The van der Waals surface area contributed by atoms with Crippen LogP contribution in [-0.4, -0.2) is 12.1 Å². The Morgan fingerprint density at radius 1 is 1.25 bits per heavy atom. The van der Waals surface area contributed by atoms with Crippen molar-refractivity contribution in [3.05, 3.63) is 53.3 Å². The average Bonchev–Trinajstić information content (AvgIpc) is 2.42. The molecule has 5 heteroatoms. The van der Waals surface area contributed by atoms with Gasteiger partial charge in [-0.05, 0) is 36.9 Å². The topological polar surface area (TPSA) is 59.1 Å². The zero-order chi connectivity index (χ0) is 14.7. The Morgan fingerprint density at radius 3 is 2.65 bits per heavy atom. The number of amidine groups is 1. The van der Waals surface area contributed by atoms with Gasteiger partial charge in [0.05, 0.1) is 5.56 Å². The molecule has 0 saturated carbocycles. The molecule has 0 heterocycles. The second kappa shape index (κ2) is 5.96. The Morgan fingerprint density at radius 2 is 2.00 bits per heavy atom. The zero-order valence-electron chi connectivity index (χ0n) is 11.2. The van der Waals surface area contributed by atoms with Crippen molar-refractivity contribution in [2.45, 2.75) is 11.8 Å². The van der Waals surface area contributed by atoms with Gasteiger partial charge in [0, 0.05) is 11.0 Å². The number of halogens is 1. The number of benzene rings is 2. The van der Waals surface area contributed by atoms with Crippen molar-refractivity contribution in [2.24, 2.45) is 5.73 Å². The van der Waals surface area contributed by atoms with E-state index in [1.54, 1.807) is 12.1 Å². The quantitative estimate of drug-likeness (QED) is 0.509. The lowest BCUT2D eigenvalue weighted by atomic mass is 10.1. The van der Waals surface area contributed by atoms with E-state index in [1.807, 2.05) is 25.3 Å². The van der Waals surface area contributed by atoms with Gasteiger partial charge in [0.15, 0.2) is 0 Å². The number of nitrogens with two attached hydrogens (primary N) is 1. The molecule has 0 amide bonds. The molecule has 0 aliphatic carbocycles. The molecule has 0 unspecified atom stereocenters. The third kappa shape index (κ3) is 2.93. The van der Waals surface area contributed by atoms with Crippen LogP contribution in [0, 0.1) is 18.2 Å². The van der Waals surface area contributed by atoms with E-state index in [0.29, 0.717) is 17.1 Å². The van der Waals surface area contributed by atoms with Crippen molar-refractivity contribution < 1.29 is 9.13 Å². The summed E-state index contributed by atoms with van der Waals surface area (Å²) in [4.78, 5) is 0.851. The zero-order valence-corrected chi connectivity index (χ0v) is 12.1. The van der Waals surface area contributed by atoms with E-state index in [-0.39, 0.29) is 11.7 Å². The minimum atomic E-state index is -0.365. The summed E-state index contributed by atoms with van der Waals surface area (Å²) in [5, 5.41) is 7.69. The van der Waals surface area contributed by atoms with Crippen LogP contribution in [0.15, 0.2) is 41.3 Å². The molecule has 0 bridgehead atoms. The summed E-state index contributed by atoms with van der Waals surface area (Å²) in [6, 6.07) is 9.77. The van der Waals surface area contributed by atoms with Crippen molar-refractivity contribution in [2.75, 3.05) is 6.26 Å². The van der Waals surface area contributed by atoms with Crippen molar-refractivity contribution in [3.8, 4) is 11.5 Å². The van der Waals surface area contributed by atoms with Crippen LogP contribution in [0.1, 0.15) is 11.1 Å². The molecule has 3 nitrogen and oxygen atoms in total. The maximum absolute atomic E-state index is 13.3. The molecule has 0 saturated heterocycles. The van der Waals surface area contributed by atoms with E-state index in [1.165, 1.54) is 23.9 Å². The number of thioether (sulfide) groups is 1. The molecular formula is C15H15FN2OS. The smallest absolute Gasteiger partial charge is 0.139 e. The Labute approximate surface area is 121 Å². The minimum Gasteiger partial charge on any atom is -0.456 e. The lowest BCUT2D eigenvalue weighted by molar-refractivity contribution is 0.470. The second-order valence-electron chi connectivity index (χ2n) is 4.26. The van der Waals surface area contributed by atoms with Crippen LogP contribution in [0.2, 0.25) is 0 Å². The Bertz CT molecular complexity index is 658. The maximum atomic E-state index is 13.3. The van der Waals surface area contributed by atoms with Crippen molar-refractivity contribution in [3.63, 3.8) is 0 Å². The first kappa shape index (κ1) is 14.4. The fourth-order valence-corrected chi connectivity index (χ4v) is 2.46. The highest BCUT2D eigenvalue weighted by molar-refractivity contribution is 7.98. The lowest BCUT2D eigenvalue weighted by Gasteiger charge is -2.14. The van der Waals surface area contributed by atoms with Gasteiger partial charge in [-0.2, -0.15) is 0 Å². The number of hydrogen-bond donors (Lipinski definition) is 2. The highest BCUT2D eigenvalue weighted by Gasteiger charge is 2.13. The van der Waals surface area contributed by atoms with Gasteiger partial charge in [-0.3, -0.25) is 5.41 Å². The van der Waals surface area contributed by atoms with E-state index in [2.05, 4.69) is 0 Å². The molecule has 20 heavy (non-hydrogen) atoms. The van der Waals surface area contributed by atoms with Crippen LogP contribution < -0.4 is 10.5 Å². The van der Waals surface area contributed by atoms with Gasteiger partial charge in [-0.1, -0.05) is 12.1 Å². The normalized spacial score (nSPS) is 10.3. The molecular weight excluding hydrogens is 275 g/mol. The molecule has 2 aromatic carbocycles. The van der Waals surface area contributed by atoms with Gasteiger partial charge >= 0.3 is 0 Å². The van der Waals surface area contributed by atoms with Crippen LogP contribution in [0.3, 0.4) is 0 Å². The molecule has 0 aromatic heterocycles. The lowest BCUT2D eigenvalue weighted by Crippen LogP contribution is -2.13. The average molecular weight is 290 g/mol. The SMILES string of the molecule is CSc1cccc(Oc2cc(F)ccc2C)c1C(=N)N. The van der Waals surface area contributed by atoms with Gasteiger partial charge in [0.25, 0.3) is 0 Å². The van der Waals surface area contributed by atoms with Crippen molar-refractivity contribution >= 4 is 17.6 Å². The van der Waals surface area contributed by atoms with Crippen molar-refractivity contribution in [1.82, 2.24) is 0 Å². The number of nitrogen functional groups attached to an aromatic ring is 1. The maximum Gasteiger partial charge on any atom is 0.139 e. The molecule has 0 aliphatic rings. The molecule has 0 aliphatic heterocycles.